The molecule has 7 nitrogen and oxygen atoms in total. The van der Waals surface area contributed by atoms with Crippen LogP contribution in [0.5, 0.6) is 11.5 Å². The van der Waals surface area contributed by atoms with Gasteiger partial charge in [-0.05, 0) is 54.6 Å². The molecule has 0 spiro atoms. The van der Waals surface area contributed by atoms with E-state index in [4.69, 9.17) is 14.5 Å². The molecule has 1 aromatic heterocycles. The number of aromatic nitrogens is 2. The van der Waals surface area contributed by atoms with E-state index in [-0.39, 0.29) is 12.5 Å². The third-order valence-corrected chi connectivity index (χ3v) is 5.59. The van der Waals surface area contributed by atoms with Crippen molar-refractivity contribution in [2.75, 3.05) is 30.5 Å². The van der Waals surface area contributed by atoms with Crippen LogP contribution in [0.2, 0.25) is 0 Å². The summed E-state index contributed by atoms with van der Waals surface area (Å²) >= 11 is 0. The van der Waals surface area contributed by atoms with Crippen LogP contribution < -0.4 is 19.7 Å². The van der Waals surface area contributed by atoms with Crippen LogP contribution in [0.3, 0.4) is 0 Å². The average molecular weight is 428 g/mol. The van der Waals surface area contributed by atoms with Crippen LogP contribution in [0.15, 0.2) is 72.8 Å². The first-order chi connectivity index (χ1) is 15.7. The second kappa shape index (κ2) is 8.63. The van der Waals surface area contributed by atoms with E-state index in [1.807, 2.05) is 60.7 Å². The first-order valence-electron chi connectivity index (χ1n) is 10.6. The highest BCUT2D eigenvalue weighted by Crippen LogP contribution is 2.27. The lowest BCUT2D eigenvalue weighted by Gasteiger charge is -2.30. The summed E-state index contributed by atoms with van der Waals surface area (Å²) in [5.74, 6) is 2.32. The smallest absolute Gasteiger partial charge is 0.262 e. The van der Waals surface area contributed by atoms with Gasteiger partial charge in [-0.15, -0.1) is 0 Å². The molecule has 0 saturated carbocycles. The zero-order valence-electron chi connectivity index (χ0n) is 17.8. The van der Waals surface area contributed by atoms with Gasteiger partial charge in [0.25, 0.3) is 5.91 Å². The molecule has 0 fully saturated rings. The lowest BCUT2D eigenvalue weighted by molar-refractivity contribution is -0.118. The Morgan fingerprint density at radius 3 is 2.59 bits per heavy atom. The normalized spacial score (nSPS) is 13.0. The maximum absolute atomic E-state index is 12.3. The number of carbonyl (C=O) groups excluding carboxylic acids is 1. The molecule has 5 rings (SSSR count). The molecular formula is C25H24N4O3. The van der Waals surface area contributed by atoms with Crippen molar-refractivity contribution in [1.29, 1.82) is 0 Å². The number of carbonyl (C=O) groups is 1. The van der Waals surface area contributed by atoms with Crippen molar-refractivity contribution in [3.8, 4) is 11.5 Å². The van der Waals surface area contributed by atoms with Crippen molar-refractivity contribution in [3.05, 3.63) is 78.6 Å². The molecule has 32 heavy (non-hydrogen) atoms. The molecule has 0 atom stereocenters. The van der Waals surface area contributed by atoms with Crippen LogP contribution in [-0.4, -0.2) is 35.7 Å². The molecule has 0 saturated heterocycles. The highest BCUT2D eigenvalue weighted by Gasteiger charge is 2.20. The molecule has 0 radical (unpaired) electrons. The monoisotopic (exact) mass is 428 g/mol. The number of hydrogen-bond donors (Lipinski definition) is 1. The minimum absolute atomic E-state index is 0.0431. The number of hydrogen-bond acceptors (Lipinski definition) is 5. The SMILES string of the molecule is COc1ccc(N2CCn3c(nc4cc(NC(=O)COc5ccccc5)ccc43)C2)cc1. The van der Waals surface area contributed by atoms with Crippen LogP contribution in [0.25, 0.3) is 11.0 Å². The number of ether oxygens (including phenoxy) is 2. The summed E-state index contributed by atoms with van der Waals surface area (Å²) in [7, 11) is 1.67. The van der Waals surface area contributed by atoms with E-state index in [9.17, 15) is 4.79 Å². The molecule has 1 aliphatic heterocycles. The van der Waals surface area contributed by atoms with E-state index in [2.05, 4.69) is 26.9 Å². The zero-order valence-corrected chi connectivity index (χ0v) is 17.8. The fraction of sp³-hybridized carbons (Fsp3) is 0.200. The van der Waals surface area contributed by atoms with Crippen LogP contribution >= 0.6 is 0 Å². The van der Waals surface area contributed by atoms with Crippen molar-refractivity contribution in [1.82, 2.24) is 9.55 Å². The molecule has 1 N–H and O–H groups in total. The van der Waals surface area contributed by atoms with Gasteiger partial charge < -0.3 is 24.3 Å². The molecule has 3 aromatic carbocycles. The number of nitrogens with zero attached hydrogens (tertiary/aromatic N) is 3. The third-order valence-electron chi connectivity index (χ3n) is 5.59. The first-order valence-corrected chi connectivity index (χ1v) is 10.6. The Kier molecular flexibility index (Phi) is 5.37. The zero-order chi connectivity index (χ0) is 21.9. The molecule has 2 heterocycles. The molecule has 0 unspecified atom stereocenters. The second-order valence-electron chi connectivity index (χ2n) is 7.65. The van der Waals surface area contributed by atoms with Crippen LogP contribution in [0, 0.1) is 0 Å². The van der Waals surface area contributed by atoms with Crippen LogP contribution in [0.4, 0.5) is 11.4 Å². The standard InChI is InChI=1S/C25H24N4O3/c1-31-20-10-8-19(9-11-20)28-13-14-29-23-12-7-18(15-22(23)27-24(29)16-28)26-25(30)17-32-21-5-3-2-4-6-21/h2-12,15H,13-14,16-17H2,1H3,(H,26,30). The predicted molar refractivity (Wildman–Crippen MR) is 124 cm³/mol. The van der Waals surface area contributed by atoms with Gasteiger partial charge in [-0.2, -0.15) is 0 Å². The summed E-state index contributed by atoms with van der Waals surface area (Å²) in [4.78, 5) is 19.4. The van der Waals surface area contributed by atoms with Gasteiger partial charge in [-0.25, -0.2) is 4.98 Å². The number of rotatable bonds is 6. The summed E-state index contributed by atoms with van der Waals surface area (Å²) in [6.45, 7) is 2.45. The molecule has 4 aromatic rings. The summed E-state index contributed by atoms with van der Waals surface area (Å²) in [5, 5.41) is 2.89. The van der Waals surface area contributed by atoms with Gasteiger partial charge in [0.1, 0.15) is 17.3 Å². The van der Waals surface area contributed by atoms with Crippen molar-refractivity contribution < 1.29 is 14.3 Å². The lowest BCUT2D eigenvalue weighted by Crippen LogP contribution is -2.33. The lowest BCUT2D eigenvalue weighted by atomic mass is 10.2. The Labute approximate surface area is 186 Å². The van der Waals surface area contributed by atoms with E-state index in [1.165, 1.54) is 0 Å². The Morgan fingerprint density at radius 1 is 1.00 bits per heavy atom. The third kappa shape index (κ3) is 4.09. The van der Waals surface area contributed by atoms with Gasteiger partial charge in [0.05, 0.1) is 24.7 Å². The first kappa shape index (κ1) is 19.9. The quantitative estimate of drug-likeness (QED) is 0.501. The number of fused-ring (bicyclic) bond motifs is 3. The number of imidazole rings is 1. The molecule has 1 amide bonds. The highest BCUT2D eigenvalue weighted by atomic mass is 16.5. The van der Waals surface area contributed by atoms with Crippen molar-refractivity contribution in [3.63, 3.8) is 0 Å². The van der Waals surface area contributed by atoms with E-state index in [1.54, 1.807) is 7.11 Å². The topological polar surface area (TPSA) is 68.6 Å². The van der Waals surface area contributed by atoms with E-state index in [0.29, 0.717) is 11.4 Å². The molecule has 1 aliphatic rings. The number of benzene rings is 3. The molecule has 7 heteroatoms. The van der Waals surface area contributed by atoms with Gasteiger partial charge in [-0.3, -0.25) is 4.79 Å². The molecule has 162 valence electrons. The predicted octanol–water partition coefficient (Wildman–Crippen LogP) is 4.08. The summed E-state index contributed by atoms with van der Waals surface area (Å²) in [5.41, 5.74) is 3.81. The van der Waals surface area contributed by atoms with Crippen LogP contribution in [-0.2, 0) is 17.9 Å². The van der Waals surface area contributed by atoms with E-state index in [0.717, 1.165) is 47.9 Å². The second-order valence-corrected chi connectivity index (χ2v) is 7.65. The molecular weight excluding hydrogens is 404 g/mol. The minimum Gasteiger partial charge on any atom is -0.497 e. The summed E-state index contributed by atoms with van der Waals surface area (Å²) in [6.07, 6.45) is 0. The van der Waals surface area contributed by atoms with E-state index < -0.39 is 0 Å². The Bertz CT molecular complexity index is 1240. The maximum Gasteiger partial charge on any atom is 0.262 e. The van der Waals surface area contributed by atoms with Crippen molar-refractivity contribution >= 4 is 28.3 Å². The number of para-hydroxylation sites is 1. The van der Waals surface area contributed by atoms with Gasteiger partial charge in [0.2, 0.25) is 0 Å². The Hall–Kier alpha value is -4.00. The van der Waals surface area contributed by atoms with Gasteiger partial charge in [-0.1, -0.05) is 18.2 Å². The van der Waals surface area contributed by atoms with Gasteiger partial charge in [0.15, 0.2) is 6.61 Å². The largest absolute Gasteiger partial charge is 0.497 e. The van der Waals surface area contributed by atoms with Gasteiger partial charge in [0, 0.05) is 24.5 Å². The van der Waals surface area contributed by atoms with E-state index >= 15 is 0 Å². The fourth-order valence-electron chi connectivity index (χ4n) is 3.97. The van der Waals surface area contributed by atoms with Crippen molar-refractivity contribution in [2.24, 2.45) is 0 Å². The number of anilines is 2. The maximum atomic E-state index is 12.3. The minimum atomic E-state index is -0.206. The van der Waals surface area contributed by atoms with Crippen molar-refractivity contribution in [2.45, 2.75) is 13.1 Å². The number of methoxy groups -OCH3 is 1. The summed E-state index contributed by atoms with van der Waals surface area (Å²) < 4.78 is 13.0. The summed E-state index contributed by atoms with van der Waals surface area (Å²) in [6, 6.07) is 23.2. The average Bonchev–Trinajstić information content (AvgIpc) is 3.20. The number of nitrogens with one attached hydrogen (secondary N) is 1. The molecule has 0 bridgehead atoms. The highest BCUT2D eigenvalue weighted by molar-refractivity contribution is 5.94. The fourth-order valence-corrected chi connectivity index (χ4v) is 3.97. The van der Waals surface area contributed by atoms with Gasteiger partial charge >= 0.3 is 0 Å². The van der Waals surface area contributed by atoms with Crippen LogP contribution in [0.1, 0.15) is 5.82 Å². The number of amides is 1. The Morgan fingerprint density at radius 2 is 1.81 bits per heavy atom. The molecule has 0 aliphatic carbocycles. The Balaban J connectivity index is 1.28.